The third-order valence-corrected chi connectivity index (χ3v) is 0.932. The van der Waals surface area contributed by atoms with Crippen LogP contribution in [0.1, 0.15) is 6.92 Å². The molecule has 0 spiro atoms. The number of ether oxygens (including phenoxy) is 1. The van der Waals surface area contributed by atoms with Crippen molar-refractivity contribution in [3.8, 4) is 0 Å². The molecular formula is C8H13NO. The van der Waals surface area contributed by atoms with E-state index in [1.54, 1.807) is 13.2 Å². The van der Waals surface area contributed by atoms with Gasteiger partial charge in [-0.15, -0.1) is 0 Å². The van der Waals surface area contributed by atoms with Gasteiger partial charge in [-0.1, -0.05) is 18.2 Å². The molecule has 0 aromatic heterocycles. The zero-order chi connectivity index (χ0) is 7.98. The van der Waals surface area contributed by atoms with Crippen LogP contribution in [0.5, 0.6) is 0 Å². The third-order valence-electron chi connectivity index (χ3n) is 0.932. The highest BCUT2D eigenvalue weighted by Gasteiger charge is 1.83. The van der Waals surface area contributed by atoms with Crippen LogP contribution >= 0.6 is 0 Å². The highest BCUT2D eigenvalue weighted by Crippen LogP contribution is 1.97. The van der Waals surface area contributed by atoms with E-state index in [-0.39, 0.29) is 0 Å². The first-order valence-corrected chi connectivity index (χ1v) is 3.00. The Bertz CT molecular complexity index is 168. The van der Waals surface area contributed by atoms with Crippen LogP contribution in [-0.4, -0.2) is 7.11 Å². The maximum absolute atomic E-state index is 5.20. The van der Waals surface area contributed by atoms with Gasteiger partial charge in [0.1, 0.15) is 5.76 Å². The SMILES string of the molecule is C=C(C)/C=C\C(=C/N)OC. The molecule has 10 heavy (non-hydrogen) atoms. The average molecular weight is 139 g/mol. The standard InChI is InChI=1S/C8H13NO/c1-7(2)4-5-8(6-9)10-3/h4-6H,1,9H2,2-3H3/b5-4-,8-6+. The number of rotatable bonds is 3. The second-order valence-electron chi connectivity index (χ2n) is 1.95. The molecule has 0 saturated carbocycles. The predicted octanol–water partition coefficient (Wildman–Crippen LogP) is 1.57. The largest absolute Gasteiger partial charge is 0.495 e. The highest BCUT2D eigenvalue weighted by atomic mass is 16.5. The minimum absolute atomic E-state index is 0.642. The van der Waals surface area contributed by atoms with E-state index in [1.807, 2.05) is 13.0 Å². The summed E-state index contributed by atoms with van der Waals surface area (Å²) in [6.45, 7) is 5.59. The van der Waals surface area contributed by atoms with Gasteiger partial charge in [0.15, 0.2) is 0 Å². The molecule has 0 atom stereocenters. The zero-order valence-corrected chi connectivity index (χ0v) is 6.42. The molecule has 0 aromatic carbocycles. The van der Waals surface area contributed by atoms with Crippen molar-refractivity contribution in [3.05, 3.63) is 36.3 Å². The Morgan fingerprint density at radius 1 is 1.50 bits per heavy atom. The fraction of sp³-hybridized carbons (Fsp3) is 0.250. The van der Waals surface area contributed by atoms with E-state index in [1.165, 1.54) is 6.20 Å². The van der Waals surface area contributed by atoms with E-state index in [4.69, 9.17) is 10.5 Å². The molecule has 0 unspecified atom stereocenters. The summed E-state index contributed by atoms with van der Waals surface area (Å²) in [6, 6.07) is 0. The topological polar surface area (TPSA) is 35.2 Å². The lowest BCUT2D eigenvalue weighted by molar-refractivity contribution is 0.305. The summed E-state index contributed by atoms with van der Waals surface area (Å²) in [7, 11) is 1.57. The van der Waals surface area contributed by atoms with E-state index in [0.29, 0.717) is 5.76 Å². The van der Waals surface area contributed by atoms with Crippen molar-refractivity contribution in [2.75, 3.05) is 7.11 Å². The molecule has 0 rings (SSSR count). The van der Waals surface area contributed by atoms with Gasteiger partial charge < -0.3 is 10.5 Å². The van der Waals surface area contributed by atoms with Gasteiger partial charge in [0.05, 0.1) is 7.11 Å². The van der Waals surface area contributed by atoms with Gasteiger partial charge in [0.2, 0.25) is 0 Å². The lowest BCUT2D eigenvalue weighted by Gasteiger charge is -1.96. The number of allylic oxidation sites excluding steroid dienone is 3. The van der Waals surface area contributed by atoms with Gasteiger partial charge in [-0.05, 0) is 13.0 Å². The van der Waals surface area contributed by atoms with Crippen LogP contribution in [0.4, 0.5) is 0 Å². The molecule has 0 saturated heterocycles. The van der Waals surface area contributed by atoms with Crippen molar-refractivity contribution in [1.29, 1.82) is 0 Å². The predicted molar refractivity (Wildman–Crippen MR) is 43.2 cm³/mol. The van der Waals surface area contributed by atoms with Gasteiger partial charge in [0, 0.05) is 6.20 Å². The molecule has 2 heteroatoms. The van der Waals surface area contributed by atoms with E-state index in [0.717, 1.165) is 5.57 Å². The minimum Gasteiger partial charge on any atom is -0.495 e. The maximum atomic E-state index is 5.20. The summed E-state index contributed by atoms with van der Waals surface area (Å²) in [5.74, 6) is 0.642. The molecular weight excluding hydrogens is 126 g/mol. The molecule has 0 aliphatic rings. The van der Waals surface area contributed by atoms with Gasteiger partial charge in [0.25, 0.3) is 0 Å². The molecule has 0 aliphatic heterocycles. The fourth-order valence-electron chi connectivity index (χ4n) is 0.416. The van der Waals surface area contributed by atoms with Gasteiger partial charge in [-0.3, -0.25) is 0 Å². The van der Waals surface area contributed by atoms with E-state index in [2.05, 4.69) is 6.58 Å². The maximum Gasteiger partial charge on any atom is 0.134 e. The normalized spacial score (nSPS) is 12.0. The quantitative estimate of drug-likeness (QED) is 0.475. The van der Waals surface area contributed by atoms with E-state index >= 15 is 0 Å². The summed E-state index contributed by atoms with van der Waals surface area (Å²) < 4.78 is 4.86. The van der Waals surface area contributed by atoms with Crippen molar-refractivity contribution in [2.24, 2.45) is 5.73 Å². The molecule has 0 aliphatic carbocycles. The van der Waals surface area contributed by atoms with Crippen molar-refractivity contribution >= 4 is 0 Å². The van der Waals surface area contributed by atoms with Crippen molar-refractivity contribution < 1.29 is 4.74 Å². The van der Waals surface area contributed by atoms with Crippen LogP contribution in [0.25, 0.3) is 0 Å². The first-order chi connectivity index (χ1) is 4.70. The summed E-state index contributed by atoms with van der Waals surface area (Å²) in [4.78, 5) is 0. The average Bonchev–Trinajstić information content (AvgIpc) is 1.90. The Labute approximate surface area is 61.7 Å². The first-order valence-electron chi connectivity index (χ1n) is 3.00. The van der Waals surface area contributed by atoms with Crippen molar-refractivity contribution in [1.82, 2.24) is 0 Å². The van der Waals surface area contributed by atoms with E-state index < -0.39 is 0 Å². The zero-order valence-electron chi connectivity index (χ0n) is 6.42. The first kappa shape index (κ1) is 8.82. The van der Waals surface area contributed by atoms with Gasteiger partial charge in [-0.25, -0.2) is 0 Å². The lowest BCUT2D eigenvalue weighted by Crippen LogP contribution is -1.87. The van der Waals surface area contributed by atoms with Crippen LogP contribution in [0.2, 0.25) is 0 Å². The Balaban J connectivity index is 3.98. The molecule has 0 fully saturated rings. The summed E-state index contributed by atoms with van der Waals surface area (Å²) in [5.41, 5.74) is 6.17. The molecule has 2 nitrogen and oxygen atoms in total. The van der Waals surface area contributed by atoms with Crippen molar-refractivity contribution in [3.63, 3.8) is 0 Å². The van der Waals surface area contributed by atoms with Crippen LogP contribution in [0.3, 0.4) is 0 Å². The molecule has 0 heterocycles. The van der Waals surface area contributed by atoms with Crippen LogP contribution in [0.15, 0.2) is 36.3 Å². The number of methoxy groups -OCH3 is 1. The second kappa shape index (κ2) is 4.68. The third kappa shape index (κ3) is 3.78. The molecule has 2 N–H and O–H groups in total. The van der Waals surface area contributed by atoms with Gasteiger partial charge >= 0.3 is 0 Å². The Morgan fingerprint density at radius 2 is 2.10 bits per heavy atom. The van der Waals surface area contributed by atoms with Crippen LogP contribution < -0.4 is 5.73 Å². The Kier molecular flexibility index (Phi) is 4.12. The van der Waals surface area contributed by atoms with Gasteiger partial charge in [-0.2, -0.15) is 0 Å². The Hall–Kier alpha value is -1.18. The smallest absolute Gasteiger partial charge is 0.134 e. The Morgan fingerprint density at radius 3 is 2.40 bits per heavy atom. The van der Waals surface area contributed by atoms with Crippen LogP contribution in [-0.2, 0) is 4.74 Å². The summed E-state index contributed by atoms with van der Waals surface area (Å²) in [6.07, 6.45) is 5.00. The monoisotopic (exact) mass is 139 g/mol. The number of hydrogen-bond donors (Lipinski definition) is 1. The minimum atomic E-state index is 0.642. The number of nitrogens with two attached hydrogens (primary N) is 1. The highest BCUT2D eigenvalue weighted by molar-refractivity contribution is 5.20. The fourth-order valence-corrected chi connectivity index (χ4v) is 0.416. The molecule has 0 amide bonds. The molecule has 0 bridgehead atoms. The van der Waals surface area contributed by atoms with Crippen LogP contribution in [0, 0.1) is 0 Å². The molecule has 0 aromatic rings. The second-order valence-corrected chi connectivity index (χ2v) is 1.95. The van der Waals surface area contributed by atoms with Crippen molar-refractivity contribution in [2.45, 2.75) is 6.92 Å². The summed E-state index contributed by atoms with van der Waals surface area (Å²) >= 11 is 0. The summed E-state index contributed by atoms with van der Waals surface area (Å²) in [5, 5.41) is 0. The number of hydrogen-bond acceptors (Lipinski definition) is 2. The van der Waals surface area contributed by atoms with E-state index in [9.17, 15) is 0 Å². The molecule has 0 radical (unpaired) electrons. The molecule has 56 valence electrons. The lowest BCUT2D eigenvalue weighted by atomic mass is 10.3.